The van der Waals surface area contributed by atoms with Crippen LogP contribution in [0.2, 0.25) is 0 Å². The second kappa shape index (κ2) is 12.8. The fraction of sp³-hybridized carbons (Fsp3) is 0.737. The molecule has 2 N–H and O–H groups in total. The number of guanidine groups is 1. The molecule has 0 aromatic carbocycles. The van der Waals surface area contributed by atoms with E-state index >= 15 is 0 Å². The fourth-order valence-corrected chi connectivity index (χ4v) is 2.28. The molecule has 0 aliphatic carbocycles. The number of nitrogens with one attached hydrogen (secondary N) is 2. The third-order valence-electron chi connectivity index (χ3n) is 3.64. The van der Waals surface area contributed by atoms with Gasteiger partial charge in [0.05, 0.1) is 12.2 Å². The number of halogens is 1. The summed E-state index contributed by atoms with van der Waals surface area (Å²) in [5.41, 5.74) is 0.433. The highest BCUT2D eigenvalue weighted by Gasteiger charge is 2.21. The van der Waals surface area contributed by atoms with Gasteiger partial charge in [0.25, 0.3) is 0 Å². The number of aromatic nitrogens is 1. The Morgan fingerprint density at radius 1 is 1.32 bits per heavy atom. The van der Waals surface area contributed by atoms with Crippen molar-refractivity contribution in [3.8, 4) is 0 Å². The van der Waals surface area contributed by atoms with Crippen LogP contribution >= 0.6 is 24.0 Å². The molecule has 0 saturated heterocycles. The molecule has 0 bridgehead atoms. The number of hydrogen-bond donors (Lipinski definition) is 2. The smallest absolute Gasteiger partial charge is 0.410 e. The van der Waals surface area contributed by atoms with Crippen molar-refractivity contribution in [2.45, 2.75) is 66.0 Å². The van der Waals surface area contributed by atoms with Gasteiger partial charge in [0, 0.05) is 32.7 Å². The molecular formula is C19H36IN5O3. The van der Waals surface area contributed by atoms with Crippen molar-refractivity contribution in [2.75, 3.05) is 26.7 Å². The van der Waals surface area contributed by atoms with Crippen LogP contribution in [0.1, 0.15) is 65.3 Å². The van der Waals surface area contributed by atoms with E-state index in [4.69, 9.17) is 9.26 Å². The number of amides is 1. The first-order valence-corrected chi connectivity index (χ1v) is 9.54. The van der Waals surface area contributed by atoms with Crippen molar-refractivity contribution < 1.29 is 14.1 Å². The normalized spacial score (nSPS) is 11.8. The second-order valence-corrected chi connectivity index (χ2v) is 7.69. The van der Waals surface area contributed by atoms with Gasteiger partial charge in [0.2, 0.25) is 0 Å². The summed E-state index contributed by atoms with van der Waals surface area (Å²) in [4.78, 5) is 18.2. The van der Waals surface area contributed by atoms with Gasteiger partial charge < -0.3 is 24.8 Å². The van der Waals surface area contributed by atoms with Crippen molar-refractivity contribution in [2.24, 2.45) is 4.99 Å². The molecule has 0 aliphatic rings. The summed E-state index contributed by atoms with van der Waals surface area (Å²) in [5, 5.41) is 10.4. The summed E-state index contributed by atoms with van der Waals surface area (Å²) in [6.07, 6.45) is 0.576. The van der Waals surface area contributed by atoms with Crippen LogP contribution in [0.15, 0.2) is 15.6 Å². The highest BCUT2D eigenvalue weighted by Crippen LogP contribution is 2.13. The van der Waals surface area contributed by atoms with Gasteiger partial charge in [-0.1, -0.05) is 25.9 Å². The Morgan fingerprint density at radius 2 is 2.00 bits per heavy atom. The predicted molar refractivity (Wildman–Crippen MR) is 122 cm³/mol. The van der Waals surface area contributed by atoms with Crippen LogP contribution in [0.4, 0.5) is 4.79 Å². The van der Waals surface area contributed by atoms with Crippen molar-refractivity contribution in [3.05, 3.63) is 17.5 Å². The summed E-state index contributed by atoms with van der Waals surface area (Å²) in [7, 11) is 1.70. The summed E-state index contributed by atoms with van der Waals surface area (Å²) >= 11 is 0. The second-order valence-electron chi connectivity index (χ2n) is 7.69. The van der Waals surface area contributed by atoms with Gasteiger partial charge in [-0.25, -0.2) is 4.79 Å². The maximum atomic E-state index is 12.3. The van der Waals surface area contributed by atoms with Crippen molar-refractivity contribution in [1.82, 2.24) is 20.7 Å². The number of aliphatic imine (C=N–C) groups is 1. The minimum Gasteiger partial charge on any atom is -0.444 e. The van der Waals surface area contributed by atoms with Crippen LogP contribution in [0, 0.1) is 0 Å². The van der Waals surface area contributed by atoms with Crippen LogP contribution in [-0.2, 0) is 11.3 Å². The van der Waals surface area contributed by atoms with Gasteiger partial charge in [0.15, 0.2) is 11.7 Å². The molecule has 28 heavy (non-hydrogen) atoms. The van der Waals surface area contributed by atoms with E-state index in [9.17, 15) is 4.79 Å². The van der Waals surface area contributed by atoms with Gasteiger partial charge in [-0.3, -0.25) is 4.99 Å². The van der Waals surface area contributed by atoms with Crippen LogP contribution < -0.4 is 10.6 Å². The molecule has 0 spiro atoms. The SMILES string of the molecule is CCCN(CCNC(=NC)NCc1cc(C(C)C)no1)C(=O)OC(C)(C)C.I. The Labute approximate surface area is 185 Å². The Hall–Kier alpha value is -1.52. The molecule has 1 heterocycles. The molecule has 0 saturated carbocycles. The Kier molecular flexibility index (Phi) is 12.1. The van der Waals surface area contributed by atoms with Crippen molar-refractivity contribution in [1.29, 1.82) is 0 Å². The first kappa shape index (κ1) is 26.5. The quantitative estimate of drug-likeness (QED) is 0.315. The number of hydrogen-bond acceptors (Lipinski definition) is 5. The Balaban J connectivity index is 0.00000729. The number of rotatable bonds is 8. The highest BCUT2D eigenvalue weighted by molar-refractivity contribution is 14.0. The van der Waals surface area contributed by atoms with Gasteiger partial charge >= 0.3 is 6.09 Å². The molecular weight excluding hydrogens is 473 g/mol. The highest BCUT2D eigenvalue weighted by atomic mass is 127. The fourth-order valence-electron chi connectivity index (χ4n) is 2.28. The lowest BCUT2D eigenvalue weighted by Crippen LogP contribution is -2.44. The minimum absolute atomic E-state index is 0. The third-order valence-corrected chi connectivity index (χ3v) is 3.64. The van der Waals surface area contributed by atoms with E-state index in [1.54, 1.807) is 11.9 Å². The number of carbonyl (C=O) groups is 1. The molecule has 1 rings (SSSR count). The Bertz CT molecular complexity index is 611. The van der Waals surface area contributed by atoms with Crippen LogP contribution in [0.3, 0.4) is 0 Å². The largest absolute Gasteiger partial charge is 0.444 e. The molecule has 0 unspecified atom stereocenters. The van der Waals surface area contributed by atoms with Crippen LogP contribution in [0.25, 0.3) is 0 Å². The van der Waals surface area contributed by atoms with Crippen LogP contribution in [-0.4, -0.2) is 54.4 Å². The zero-order valence-electron chi connectivity index (χ0n) is 18.2. The number of ether oxygens (including phenoxy) is 1. The molecule has 0 atom stereocenters. The molecule has 9 heteroatoms. The van der Waals surface area contributed by atoms with E-state index in [2.05, 4.69) is 34.6 Å². The molecule has 1 aromatic rings. The van der Waals surface area contributed by atoms with E-state index in [-0.39, 0.29) is 30.1 Å². The molecule has 162 valence electrons. The van der Waals surface area contributed by atoms with Crippen LogP contribution in [0.5, 0.6) is 0 Å². The van der Waals surface area contributed by atoms with Gasteiger partial charge in [-0.15, -0.1) is 24.0 Å². The van der Waals surface area contributed by atoms with Gasteiger partial charge in [0.1, 0.15) is 5.60 Å². The summed E-state index contributed by atoms with van der Waals surface area (Å²) in [5.74, 6) is 1.72. The average molecular weight is 509 g/mol. The first-order valence-electron chi connectivity index (χ1n) is 9.54. The summed E-state index contributed by atoms with van der Waals surface area (Å²) < 4.78 is 10.8. The van der Waals surface area contributed by atoms with Gasteiger partial charge in [-0.05, 0) is 33.1 Å². The Morgan fingerprint density at radius 3 is 2.50 bits per heavy atom. The maximum Gasteiger partial charge on any atom is 0.410 e. The maximum absolute atomic E-state index is 12.3. The van der Waals surface area contributed by atoms with Gasteiger partial charge in [-0.2, -0.15) is 0 Å². The summed E-state index contributed by atoms with van der Waals surface area (Å²) in [6, 6.07) is 1.94. The molecule has 0 aliphatic heterocycles. The molecule has 1 aromatic heterocycles. The minimum atomic E-state index is -0.500. The lowest BCUT2D eigenvalue weighted by molar-refractivity contribution is 0.0253. The zero-order chi connectivity index (χ0) is 20.4. The van der Waals surface area contributed by atoms with E-state index in [0.717, 1.165) is 17.9 Å². The molecule has 0 fully saturated rings. The lowest BCUT2D eigenvalue weighted by Gasteiger charge is -2.27. The van der Waals surface area contributed by atoms with Crippen molar-refractivity contribution >= 4 is 36.0 Å². The third kappa shape index (κ3) is 10.1. The molecule has 1 amide bonds. The monoisotopic (exact) mass is 509 g/mol. The lowest BCUT2D eigenvalue weighted by atomic mass is 10.1. The van der Waals surface area contributed by atoms with Crippen molar-refractivity contribution in [3.63, 3.8) is 0 Å². The van der Waals surface area contributed by atoms with E-state index in [1.807, 2.05) is 33.8 Å². The topological polar surface area (TPSA) is 92.0 Å². The number of nitrogens with zero attached hydrogens (tertiary/aromatic N) is 3. The standard InChI is InChI=1S/C19H35N5O3.HI/c1-8-10-24(18(25)26-19(4,5)6)11-9-21-17(20-7)22-13-15-12-16(14(2)3)23-27-15;/h12,14H,8-11,13H2,1-7H3,(H2,20,21,22);1H. The molecule has 0 radical (unpaired) electrons. The summed E-state index contributed by atoms with van der Waals surface area (Å²) in [6.45, 7) is 14.0. The number of carbonyl (C=O) groups excluding carboxylic acids is 1. The van der Waals surface area contributed by atoms with E-state index in [1.165, 1.54) is 0 Å². The average Bonchev–Trinajstić information content (AvgIpc) is 3.04. The molecule has 8 nitrogen and oxygen atoms in total. The van der Waals surface area contributed by atoms with E-state index < -0.39 is 5.60 Å². The zero-order valence-corrected chi connectivity index (χ0v) is 20.5. The predicted octanol–water partition coefficient (Wildman–Crippen LogP) is 3.73. The van der Waals surface area contributed by atoms with E-state index in [0.29, 0.717) is 38.1 Å². The first-order chi connectivity index (χ1) is 12.7.